The average Bonchev–Trinajstić information content (AvgIpc) is 2.75. The normalized spacial score (nSPS) is 16.5. The minimum absolute atomic E-state index is 0.257. The molecule has 0 aromatic heterocycles. The van der Waals surface area contributed by atoms with Crippen molar-refractivity contribution in [2.45, 2.75) is 77.7 Å². The first-order chi connectivity index (χ1) is 8.88. The van der Waals surface area contributed by atoms with Crippen LogP contribution < -0.4 is 5.73 Å². The van der Waals surface area contributed by atoms with Crippen molar-refractivity contribution >= 4 is 0 Å². The molecule has 19 heavy (non-hydrogen) atoms. The standard InChI is InChI=1S/C18H29N/c1-13(19)7-5-8-14-11-16(18(2,3)4)12-15-9-6-10-17(14)15/h11-13H,5-10,19H2,1-4H3/t13-/m0/s1. The Bertz CT molecular complexity index is 438. The van der Waals surface area contributed by atoms with Crippen LogP contribution in [-0.4, -0.2) is 6.04 Å². The summed E-state index contributed by atoms with van der Waals surface area (Å²) < 4.78 is 0. The van der Waals surface area contributed by atoms with Crippen molar-refractivity contribution in [1.29, 1.82) is 0 Å². The van der Waals surface area contributed by atoms with E-state index in [1.807, 2.05) is 0 Å². The average molecular weight is 259 g/mol. The van der Waals surface area contributed by atoms with Gasteiger partial charge in [0.05, 0.1) is 0 Å². The van der Waals surface area contributed by atoms with Gasteiger partial charge < -0.3 is 5.73 Å². The van der Waals surface area contributed by atoms with E-state index >= 15 is 0 Å². The zero-order valence-corrected chi connectivity index (χ0v) is 13.1. The molecule has 0 fully saturated rings. The fraction of sp³-hybridized carbons (Fsp3) is 0.667. The van der Waals surface area contributed by atoms with Crippen LogP contribution in [0, 0.1) is 0 Å². The number of hydrogen-bond acceptors (Lipinski definition) is 1. The highest BCUT2D eigenvalue weighted by atomic mass is 14.6. The highest BCUT2D eigenvalue weighted by molar-refractivity contribution is 5.44. The van der Waals surface area contributed by atoms with Gasteiger partial charge in [0.2, 0.25) is 0 Å². The van der Waals surface area contributed by atoms with Gasteiger partial charge in [-0.25, -0.2) is 0 Å². The minimum Gasteiger partial charge on any atom is -0.328 e. The van der Waals surface area contributed by atoms with Crippen molar-refractivity contribution in [2.75, 3.05) is 0 Å². The zero-order valence-electron chi connectivity index (χ0n) is 13.1. The maximum absolute atomic E-state index is 5.87. The minimum atomic E-state index is 0.257. The van der Waals surface area contributed by atoms with E-state index in [4.69, 9.17) is 5.73 Å². The molecule has 0 saturated carbocycles. The van der Waals surface area contributed by atoms with Crippen molar-refractivity contribution in [3.63, 3.8) is 0 Å². The van der Waals surface area contributed by atoms with Crippen molar-refractivity contribution in [3.05, 3.63) is 34.4 Å². The first kappa shape index (κ1) is 14.6. The number of benzene rings is 1. The predicted octanol–water partition coefficient (Wildman–Crippen LogP) is 4.14. The summed E-state index contributed by atoms with van der Waals surface area (Å²) in [4.78, 5) is 0. The quantitative estimate of drug-likeness (QED) is 0.864. The SMILES string of the molecule is C[C@H](N)CCCc1cc(C(C)(C)C)cc2c1CCC2. The van der Waals surface area contributed by atoms with Crippen LogP contribution in [0.15, 0.2) is 12.1 Å². The lowest BCUT2D eigenvalue weighted by molar-refractivity contribution is 0.586. The van der Waals surface area contributed by atoms with Gasteiger partial charge in [-0.2, -0.15) is 0 Å². The van der Waals surface area contributed by atoms with Gasteiger partial charge >= 0.3 is 0 Å². The van der Waals surface area contributed by atoms with Crippen molar-refractivity contribution in [3.8, 4) is 0 Å². The molecule has 1 aliphatic rings. The molecule has 1 aromatic carbocycles. The Morgan fingerprint density at radius 3 is 2.58 bits per heavy atom. The van der Waals surface area contributed by atoms with E-state index < -0.39 is 0 Å². The molecule has 0 amide bonds. The third-order valence-electron chi connectivity index (χ3n) is 4.28. The lowest BCUT2D eigenvalue weighted by Crippen LogP contribution is -2.15. The third-order valence-corrected chi connectivity index (χ3v) is 4.28. The second-order valence-corrected chi connectivity index (χ2v) is 7.25. The molecule has 1 aliphatic carbocycles. The Labute approximate surface area is 118 Å². The monoisotopic (exact) mass is 259 g/mol. The fourth-order valence-electron chi connectivity index (χ4n) is 3.07. The van der Waals surface area contributed by atoms with Crippen molar-refractivity contribution in [2.24, 2.45) is 5.73 Å². The Hall–Kier alpha value is -0.820. The first-order valence-electron chi connectivity index (χ1n) is 7.78. The second kappa shape index (κ2) is 5.66. The Morgan fingerprint density at radius 2 is 1.95 bits per heavy atom. The molecule has 0 saturated heterocycles. The van der Waals surface area contributed by atoms with Crippen molar-refractivity contribution < 1.29 is 0 Å². The molecule has 0 radical (unpaired) electrons. The number of aryl methyl sites for hydroxylation is 2. The summed E-state index contributed by atoms with van der Waals surface area (Å²) in [6.45, 7) is 9.05. The molecular weight excluding hydrogens is 230 g/mol. The topological polar surface area (TPSA) is 26.0 Å². The first-order valence-corrected chi connectivity index (χ1v) is 7.78. The molecule has 0 heterocycles. The van der Waals surface area contributed by atoms with Crippen molar-refractivity contribution in [1.82, 2.24) is 0 Å². The largest absolute Gasteiger partial charge is 0.328 e. The highest BCUT2D eigenvalue weighted by Gasteiger charge is 2.21. The van der Waals surface area contributed by atoms with Gasteiger partial charge in [-0.15, -0.1) is 0 Å². The van der Waals surface area contributed by atoms with E-state index in [1.165, 1.54) is 37.7 Å². The van der Waals surface area contributed by atoms with E-state index in [0.717, 1.165) is 6.42 Å². The Kier molecular flexibility index (Phi) is 4.35. The molecule has 1 aromatic rings. The zero-order chi connectivity index (χ0) is 14.0. The van der Waals surface area contributed by atoms with Gasteiger partial charge in [-0.05, 0) is 73.1 Å². The summed E-state index contributed by atoms with van der Waals surface area (Å²) >= 11 is 0. The van der Waals surface area contributed by atoms with Gasteiger partial charge in [0, 0.05) is 6.04 Å². The van der Waals surface area contributed by atoms with Crippen LogP contribution in [0.5, 0.6) is 0 Å². The van der Waals surface area contributed by atoms with Crippen LogP contribution >= 0.6 is 0 Å². The molecule has 106 valence electrons. The maximum atomic E-state index is 5.87. The summed E-state index contributed by atoms with van der Waals surface area (Å²) in [6.07, 6.45) is 7.45. The lowest BCUT2D eigenvalue weighted by Gasteiger charge is -2.22. The van der Waals surface area contributed by atoms with E-state index in [9.17, 15) is 0 Å². The van der Waals surface area contributed by atoms with Crippen LogP contribution in [0.2, 0.25) is 0 Å². The van der Waals surface area contributed by atoms with Crippen LogP contribution in [0.25, 0.3) is 0 Å². The summed E-state index contributed by atoms with van der Waals surface area (Å²) in [5.41, 5.74) is 12.5. The maximum Gasteiger partial charge on any atom is 0.00105 e. The molecular formula is C18H29N. The van der Waals surface area contributed by atoms with E-state index in [1.54, 1.807) is 16.7 Å². The number of rotatable bonds is 4. The molecule has 1 heteroatoms. The fourth-order valence-corrected chi connectivity index (χ4v) is 3.07. The second-order valence-electron chi connectivity index (χ2n) is 7.25. The number of nitrogens with two attached hydrogens (primary N) is 1. The van der Waals surface area contributed by atoms with Crippen LogP contribution in [-0.2, 0) is 24.7 Å². The summed E-state index contributed by atoms with van der Waals surface area (Å²) in [7, 11) is 0. The van der Waals surface area contributed by atoms with Crippen LogP contribution in [0.1, 0.15) is 69.2 Å². The van der Waals surface area contributed by atoms with E-state index in [-0.39, 0.29) is 5.41 Å². The smallest absolute Gasteiger partial charge is 0.00105 e. The molecule has 2 N–H and O–H groups in total. The van der Waals surface area contributed by atoms with Gasteiger partial charge in [-0.3, -0.25) is 0 Å². The molecule has 0 spiro atoms. The van der Waals surface area contributed by atoms with Gasteiger partial charge in [0.25, 0.3) is 0 Å². The molecule has 2 rings (SSSR count). The summed E-state index contributed by atoms with van der Waals surface area (Å²) in [5.74, 6) is 0. The van der Waals surface area contributed by atoms with Gasteiger partial charge in [-0.1, -0.05) is 32.9 Å². The number of hydrogen-bond donors (Lipinski definition) is 1. The Morgan fingerprint density at radius 1 is 1.21 bits per heavy atom. The lowest BCUT2D eigenvalue weighted by atomic mass is 9.83. The van der Waals surface area contributed by atoms with Gasteiger partial charge in [0.15, 0.2) is 0 Å². The molecule has 0 unspecified atom stereocenters. The molecule has 1 atom stereocenters. The van der Waals surface area contributed by atoms with E-state index in [0.29, 0.717) is 6.04 Å². The Balaban J connectivity index is 2.23. The number of fused-ring (bicyclic) bond motifs is 1. The summed E-state index contributed by atoms with van der Waals surface area (Å²) in [6, 6.07) is 5.25. The van der Waals surface area contributed by atoms with Gasteiger partial charge in [0.1, 0.15) is 0 Å². The molecule has 0 bridgehead atoms. The van der Waals surface area contributed by atoms with E-state index in [2.05, 4.69) is 39.8 Å². The third kappa shape index (κ3) is 3.60. The molecule has 1 nitrogen and oxygen atoms in total. The molecule has 0 aliphatic heterocycles. The van der Waals surface area contributed by atoms with Crippen LogP contribution in [0.3, 0.4) is 0 Å². The predicted molar refractivity (Wildman–Crippen MR) is 83.8 cm³/mol. The summed E-state index contributed by atoms with van der Waals surface area (Å²) in [5, 5.41) is 0. The van der Waals surface area contributed by atoms with Crippen LogP contribution in [0.4, 0.5) is 0 Å². The highest BCUT2D eigenvalue weighted by Crippen LogP contribution is 2.32.